The standard InChI is InChI=1S/C12H14BrClN4/c1-3-9(14)12(15-7(2)13)16-11-6-10(17-18-11)8-4-5-8/h3,6,8H,2,4-5H2,1H3,(H2,15,16,17,18)/b9-3+. The van der Waals surface area contributed by atoms with Crippen LogP contribution in [0.15, 0.2) is 33.4 Å². The molecular weight excluding hydrogens is 316 g/mol. The Labute approximate surface area is 119 Å². The van der Waals surface area contributed by atoms with Gasteiger partial charge in [0.05, 0.1) is 5.03 Å². The van der Waals surface area contributed by atoms with Gasteiger partial charge in [0.15, 0.2) is 11.7 Å². The number of aliphatic imine (C=N–C) groups is 1. The maximum atomic E-state index is 6.07. The molecule has 18 heavy (non-hydrogen) atoms. The fourth-order valence-corrected chi connectivity index (χ4v) is 1.79. The summed E-state index contributed by atoms with van der Waals surface area (Å²) < 4.78 is 0.503. The third-order valence-corrected chi connectivity index (χ3v) is 3.15. The van der Waals surface area contributed by atoms with Crippen molar-refractivity contribution in [1.29, 1.82) is 0 Å². The fourth-order valence-electron chi connectivity index (χ4n) is 1.52. The SMILES string of the molecule is C=C(Br)/N=C(Nc1cc(C2CC2)[nH]n1)\C(Cl)=C/C. The quantitative estimate of drug-likeness (QED) is 0.496. The molecule has 1 saturated carbocycles. The molecule has 96 valence electrons. The van der Waals surface area contributed by atoms with E-state index in [0.717, 1.165) is 5.69 Å². The Kier molecular flexibility index (Phi) is 4.24. The van der Waals surface area contributed by atoms with Gasteiger partial charge in [-0.3, -0.25) is 5.10 Å². The van der Waals surface area contributed by atoms with Crippen molar-refractivity contribution >= 4 is 39.2 Å². The van der Waals surface area contributed by atoms with Crippen LogP contribution in [0, 0.1) is 0 Å². The van der Waals surface area contributed by atoms with Gasteiger partial charge in [-0.1, -0.05) is 24.3 Å². The lowest BCUT2D eigenvalue weighted by molar-refractivity contribution is 0.967. The molecule has 0 aromatic carbocycles. The van der Waals surface area contributed by atoms with E-state index in [4.69, 9.17) is 11.6 Å². The van der Waals surface area contributed by atoms with Gasteiger partial charge >= 0.3 is 0 Å². The highest BCUT2D eigenvalue weighted by Gasteiger charge is 2.25. The van der Waals surface area contributed by atoms with E-state index in [-0.39, 0.29) is 0 Å². The predicted octanol–water partition coefficient (Wildman–Crippen LogP) is 4.11. The number of aromatic amines is 1. The van der Waals surface area contributed by atoms with Gasteiger partial charge in [-0.15, -0.1) is 0 Å². The van der Waals surface area contributed by atoms with Crippen LogP contribution in [0.3, 0.4) is 0 Å². The number of aromatic nitrogens is 2. The maximum absolute atomic E-state index is 6.07. The van der Waals surface area contributed by atoms with Gasteiger partial charge in [0.25, 0.3) is 0 Å². The lowest BCUT2D eigenvalue weighted by atomic mass is 10.3. The number of nitrogens with one attached hydrogen (secondary N) is 2. The number of amidine groups is 1. The lowest BCUT2D eigenvalue weighted by Gasteiger charge is -2.05. The van der Waals surface area contributed by atoms with Gasteiger partial charge in [-0.2, -0.15) is 5.10 Å². The van der Waals surface area contributed by atoms with Gasteiger partial charge in [0.1, 0.15) is 4.61 Å². The number of allylic oxidation sites excluding steroid dienone is 1. The predicted molar refractivity (Wildman–Crippen MR) is 79.3 cm³/mol. The first-order valence-electron chi connectivity index (χ1n) is 5.67. The summed E-state index contributed by atoms with van der Waals surface area (Å²) in [6, 6.07) is 1.99. The van der Waals surface area contributed by atoms with Crippen LogP contribution in [-0.2, 0) is 0 Å². The minimum atomic E-state index is 0.503. The van der Waals surface area contributed by atoms with Crippen LogP contribution in [0.4, 0.5) is 5.82 Å². The van der Waals surface area contributed by atoms with Crippen molar-refractivity contribution in [2.24, 2.45) is 4.99 Å². The lowest BCUT2D eigenvalue weighted by Crippen LogP contribution is -2.12. The molecule has 0 saturated heterocycles. The molecule has 0 atom stereocenters. The van der Waals surface area contributed by atoms with E-state index in [0.29, 0.717) is 27.2 Å². The van der Waals surface area contributed by atoms with Gasteiger partial charge in [-0.05, 0) is 35.7 Å². The average molecular weight is 330 g/mol. The number of hydrogen-bond donors (Lipinski definition) is 2. The molecule has 1 heterocycles. The fraction of sp³-hybridized carbons (Fsp3) is 0.333. The summed E-state index contributed by atoms with van der Waals surface area (Å²) in [7, 11) is 0. The summed E-state index contributed by atoms with van der Waals surface area (Å²) in [5, 5.41) is 10.8. The van der Waals surface area contributed by atoms with Gasteiger partial charge in [-0.25, -0.2) is 4.99 Å². The Bertz CT molecular complexity index is 514. The first-order valence-corrected chi connectivity index (χ1v) is 6.85. The molecule has 0 radical (unpaired) electrons. The van der Waals surface area contributed by atoms with Crippen LogP contribution < -0.4 is 5.32 Å². The molecule has 4 nitrogen and oxygen atoms in total. The molecule has 6 heteroatoms. The number of rotatable bonds is 4. The summed E-state index contributed by atoms with van der Waals surface area (Å²) in [5.74, 6) is 1.87. The van der Waals surface area contributed by atoms with Gasteiger partial charge in [0, 0.05) is 17.7 Å². The number of H-pyrrole nitrogens is 1. The molecule has 1 aromatic heterocycles. The van der Waals surface area contributed by atoms with E-state index in [1.165, 1.54) is 12.8 Å². The van der Waals surface area contributed by atoms with Crippen LogP contribution in [-0.4, -0.2) is 16.0 Å². The van der Waals surface area contributed by atoms with Crippen molar-refractivity contribution in [3.63, 3.8) is 0 Å². The van der Waals surface area contributed by atoms with E-state index in [1.54, 1.807) is 6.08 Å². The number of nitrogens with zero attached hydrogens (tertiary/aromatic N) is 2. The van der Waals surface area contributed by atoms with Crippen molar-refractivity contribution in [3.8, 4) is 0 Å². The molecule has 1 aromatic rings. The summed E-state index contributed by atoms with van der Waals surface area (Å²) >= 11 is 9.26. The largest absolute Gasteiger partial charge is 0.322 e. The topological polar surface area (TPSA) is 53.1 Å². The Morgan fingerprint density at radius 2 is 2.44 bits per heavy atom. The van der Waals surface area contributed by atoms with Crippen molar-refractivity contribution in [2.45, 2.75) is 25.7 Å². The summed E-state index contributed by atoms with van der Waals surface area (Å²) in [5.41, 5.74) is 1.16. The zero-order chi connectivity index (χ0) is 13.1. The first kappa shape index (κ1) is 13.4. The highest BCUT2D eigenvalue weighted by atomic mass is 79.9. The summed E-state index contributed by atoms with van der Waals surface area (Å²) in [6.45, 7) is 5.52. The van der Waals surface area contributed by atoms with Crippen molar-refractivity contribution in [1.82, 2.24) is 10.2 Å². The second kappa shape index (κ2) is 5.71. The highest BCUT2D eigenvalue weighted by Crippen LogP contribution is 2.39. The third kappa shape index (κ3) is 3.46. The molecule has 0 spiro atoms. The Balaban J connectivity index is 2.14. The first-order chi connectivity index (χ1) is 8.60. The van der Waals surface area contributed by atoms with Crippen LogP contribution in [0.1, 0.15) is 31.4 Å². The Morgan fingerprint density at radius 3 is 3.00 bits per heavy atom. The van der Waals surface area contributed by atoms with Crippen LogP contribution in [0.2, 0.25) is 0 Å². The number of halogens is 2. The van der Waals surface area contributed by atoms with E-state index >= 15 is 0 Å². The van der Waals surface area contributed by atoms with Crippen LogP contribution in [0.5, 0.6) is 0 Å². The van der Waals surface area contributed by atoms with Gasteiger partial charge in [0.2, 0.25) is 0 Å². The van der Waals surface area contributed by atoms with E-state index < -0.39 is 0 Å². The molecule has 0 unspecified atom stereocenters. The molecule has 2 rings (SSSR count). The minimum Gasteiger partial charge on any atom is -0.322 e. The number of anilines is 1. The monoisotopic (exact) mass is 328 g/mol. The molecule has 0 bridgehead atoms. The third-order valence-electron chi connectivity index (χ3n) is 2.57. The van der Waals surface area contributed by atoms with Gasteiger partial charge < -0.3 is 5.32 Å². The molecule has 1 fully saturated rings. The minimum absolute atomic E-state index is 0.503. The van der Waals surface area contributed by atoms with E-state index in [2.05, 4.69) is 43.0 Å². The van der Waals surface area contributed by atoms with Crippen molar-refractivity contribution in [2.75, 3.05) is 5.32 Å². The van der Waals surface area contributed by atoms with Crippen molar-refractivity contribution < 1.29 is 0 Å². The van der Waals surface area contributed by atoms with Crippen LogP contribution in [0.25, 0.3) is 0 Å². The molecule has 2 N–H and O–H groups in total. The second-order valence-corrected chi connectivity index (χ2v) is 5.40. The Hall–Kier alpha value is -1.07. The normalized spacial score (nSPS) is 16.8. The average Bonchev–Trinajstić information content (AvgIpc) is 3.08. The van der Waals surface area contributed by atoms with Crippen LogP contribution >= 0.6 is 27.5 Å². The molecule has 1 aliphatic carbocycles. The number of hydrogen-bond acceptors (Lipinski definition) is 2. The second-order valence-electron chi connectivity index (χ2n) is 4.08. The summed E-state index contributed by atoms with van der Waals surface area (Å²) in [4.78, 5) is 4.19. The van der Waals surface area contributed by atoms with E-state index in [9.17, 15) is 0 Å². The smallest absolute Gasteiger partial charge is 0.153 e. The zero-order valence-corrected chi connectivity index (χ0v) is 12.3. The maximum Gasteiger partial charge on any atom is 0.153 e. The molecule has 1 aliphatic rings. The van der Waals surface area contributed by atoms with Crippen molar-refractivity contribution in [3.05, 3.63) is 34.1 Å². The zero-order valence-electron chi connectivity index (χ0n) is 10.0. The molecule has 0 aliphatic heterocycles. The molecule has 0 amide bonds. The summed E-state index contributed by atoms with van der Waals surface area (Å²) in [6.07, 6.45) is 4.23. The highest BCUT2D eigenvalue weighted by molar-refractivity contribution is 9.11. The Morgan fingerprint density at radius 1 is 1.72 bits per heavy atom. The molecular formula is C12H14BrClN4. The van der Waals surface area contributed by atoms with E-state index in [1.807, 2.05) is 13.0 Å².